The molecule has 0 unspecified atom stereocenters. The Kier molecular flexibility index (Phi) is 5.20. The summed E-state index contributed by atoms with van der Waals surface area (Å²) < 4.78 is 38.9. The van der Waals surface area contributed by atoms with Crippen molar-refractivity contribution in [1.29, 1.82) is 0 Å². The molecule has 0 saturated carbocycles. The first-order valence-corrected chi connectivity index (χ1v) is 7.93. The van der Waals surface area contributed by atoms with Crippen LogP contribution >= 0.6 is 15.9 Å². The van der Waals surface area contributed by atoms with E-state index >= 15 is 0 Å². The fraction of sp³-hybridized carbons (Fsp3) is 0.600. The van der Waals surface area contributed by atoms with E-state index in [9.17, 15) is 13.2 Å². The standard InChI is InChI=1S/C15H20BrF3N2/c1-10(2)21-5-3-13(4-6-21)20-14-8-11(15(17,18)19)7-12(16)9-14/h7-10,13,20H,3-6H2,1-2H3. The van der Waals surface area contributed by atoms with Crippen molar-refractivity contribution in [3.8, 4) is 0 Å². The number of hydrogen-bond donors (Lipinski definition) is 1. The maximum absolute atomic E-state index is 12.8. The number of benzene rings is 1. The SMILES string of the molecule is CC(C)N1CCC(Nc2cc(Br)cc(C(F)(F)F)c2)CC1. The molecule has 1 aromatic carbocycles. The predicted molar refractivity (Wildman–Crippen MR) is 82.5 cm³/mol. The predicted octanol–water partition coefficient (Wildman–Crippen LogP) is 4.75. The highest BCUT2D eigenvalue weighted by Gasteiger charge is 2.31. The Hall–Kier alpha value is -0.750. The fourth-order valence-corrected chi connectivity index (χ4v) is 3.13. The van der Waals surface area contributed by atoms with E-state index in [1.165, 1.54) is 6.07 Å². The van der Waals surface area contributed by atoms with E-state index in [1.807, 2.05) is 0 Å². The highest BCUT2D eigenvalue weighted by molar-refractivity contribution is 9.10. The molecule has 21 heavy (non-hydrogen) atoms. The van der Waals surface area contributed by atoms with Crippen molar-refractivity contribution in [3.05, 3.63) is 28.2 Å². The van der Waals surface area contributed by atoms with E-state index in [2.05, 4.69) is 40.0 Å². The van der Waals surface area contributed by atoms with Gasteiger partial charge in [0.1, 0.15) is 0 Å². The summed E-state index contributed by atoms with van der Waals surface area (Å²) in [5.41, 5.74) is -0.0984. The summed E-state index contributed by atoms with van der Waals surface area (Å²) in [6.07, 6.45) is -2.42. The fourth-order valence-electron chi connectivity index (χ4n) is 2.63. The van der Waals surface area contributed by atoms with Gasteiger partial charge in [-0.1, -0.05) is 15.9 Å². The highest BCUT2D eigenvalue weighted by atomic mass is 79.9. The lowest BCUT2D eigenvalue weighted by molar-refractivity contribution is -0.137. The summed E-state index contributed by atoms with van der Waals surface area (Å²) in [6.45, 7) is 6.29. The second-order valence-electron chi connectivity index (χ2n) is 5.77. The van der Waals surface area contributed by atoms with Crippen molar-refractivity contribution in [2.24, 2.45) is 0 Å². The minimum Gasteiger partial charge on any atom is -0.382 e. The number of nitrogens with one attached hydrogen (secondary N) is 1. The molecule has 2 nitrogen and oxygen atoms in total. The summed E-state index contributed by atoms with van der Waals surface area (Å²) in [4.78, 5) is 2.39. The number of nitrogens with zero attached hydrogens (tertiary/aromatic N) is 1. The molecule has 0 aromatic heterocycles. The molecule has 0 bridgehead atoms. The van der Waals surface area contributed by atoms with Crippen LogP contribution in [0, 0.1) is 0 Å². The van der Waals surface area contributed by atoms with Crippen molar-refractivity contribution in [1.82, 2.24) is 4.90 Å². The third kappa shape index (κ3) is 4.61. The molecule has 1 aliphatic heterocycles. The van der Waals surface area contributed by atoms with Gasteiger partial charge in [0, 0.05) is 35.3 Å². The molecular weight excluding hydrogens is 345 g/mol. The Morgan fingerprint density at radius 1 is 1.19 bits per heavy atom. The lowest BCUT2D eigenvalue weighted by Gasteiger charge is -2.35. The van der Waals surface area contributed by atoms with Crippen LogP contribution in [0.25, 0.3) is 0 Å². The summed E-state index contributed by atoms with van der Waals surface area (Å²) in [5.74, 6) is 0. The van der Waals surface area contributed by atoms with Crippen LogP contribution in [-0.2, 0) is 6.18 Å². The molecule has 1 aromatic rings. The van der Waals surface area contributed by atoms with Crippen molar-refractivity contribution in [3.63, 3.8) is 0 Å². The van der Waals surface area contributed by atoms with E-state index in [4.69, 9.17) is 0 Å². The third-order valence-electron chi connectivity index (χ3n) is 3.86. The molecule has 1 saturated heterocycles. The van der Waals surface area contributed by atoms with Crippen LogP contribution in [0.15, 0.2) is 22.7 Å². The Balaban J connectivity index is 2.02. The smallest absolute Gasteiger partial charge is 0.382 e. The van der Waals surface area contributed by atoms with Crippen LogP contribution in [0.5, 0.6) is 0 Å². The van der Waals surface area contributed by atoms with Gasteiger partial charge in [0.05, 0.1) is 5.56 Å². The van der Waals surface area contributed by atoms with Crippen LogP contribution in [0.2, 0.25) is 0 Å². The maximum atomic E-state index is 12.8. The minimum atomic E-state index is -4.32. The van der Waals surface area contributed by atoms with Gasteiger partial charge in [-0.3, -0.25) is 0 Å². The van der Waals surface area contributed by atoms with Crippen molar-refractivity contribution in [2.75, 3.05) is 18.4 Å². The van der Waals surface area contributed by atoms with Gasteiger partial charge in [-0.05, 0) is 44.9 Å². The first-order valence-electron chi connectivity index (χ1n) is 7.14. The van der Waals surface area contributed by atoms with Crippen molar-refractivity contribution >= 4 is 21.6 Å². The molecular formula is C15H20BrF3N2. The van der Waals surface area contributed by atoms with Gasteiger partial charge in [-0.15, -0.1) is 0 Å². The largest absolute Gasteiger partial charge is 0.416 e. The van der Waals surface area contributed by atoms with Gasteiger partial charge in [0.25, 0.3) is 0 Å². The Labute approximate surface area is 131 Å². The number of likely N-dealkylation sites (tertiary alicyclic amines) is 1. The Bertz CT molecular complexity index is 480. The molecule has 1 heterocycles. The number of hydrogen-bond acceptors (Lipinski definition) is 2. The molecule has 118 valence electrons. The van der Waals surface area contributed by atoms with Crippen LogP contribution < -0.4 is 5.32 Å². The molecule has 1 aliphatic rings. The number of anilines is 1. The molecule has 0 aliphatic carbocycles. The van der Waals surface area contributed by atoms with Crippen LogP contribution in [0.1, 0.15) is 32.3 Å². The summed E-state index contributed by atoms with van der Waals surface area (Å²) in [7, 11) is 0. The van der Waals surface area contributed by atoms with Gasteiger partial charge in [-0.25, -0.2) is 0 Å². The Morgan fingerprint density at radius 2 is 1.81 bits per heavy atom. The second-order valence-corrected chi connectivity index (χ2v) is 6.69. The van der Waals surface area contributed by atoms with E-state index < -0.39 is 11.7 Å². The zero-order chi connectivity index (χ0) is 15.6. The van der Waals surface area contributed by atoms with E-state index in [1.54, 1.807) is 6.07 Å². The van der Waals surface area contributed by atoms with Crippen LogP contribution in [0.4, 0.5) is 18.9 Å². The third-order valence-corrected chi connectivity index (χ3v) is 4.31. The van der Waals surface area contributed by atoms with E-state index in [-0.39, 0.29) is 6.04 Å². The van der Waals surface area contributed by atoms with E-state index in [0.717, 1.165) is 32.0 Å². The average Bonchev–Trinajstić information content (AvgIpc) is 2.37. The molecule has 0 amide bonds. The highest BCUT2D eigenvalue weighted by Crippen LogP contribution is 2.34. The normalized spacial score (nSPS) is 18.2. The summed E-state index contributed by atoms with van der Waals surface area (Å²) >= 11 is 3.15. The first kappa shape index (κ1) is 16.6. The Morgan fingerprint density at radius 3 is 2.33 bits per heavy atom. The molecule has 1 fully saturated rings. The number of rotatable bonds is 3. The molecule has 0 radical (unpaired) electrons. The monoisotopic (exact) mass is 364 g/mol. The molecule has 6 heteroatoms. The molecule has 0 spiro atoms. The topological polar surface area (TPSA) is 15.3 Å². The molecule has 1 N–H and O–H groups in total. The van der Waals surface area contributed by atoms with Crippen molar-refractivity contribution in [2.45, 2.75) is 44.9 Å². The van der Waals surface area contributed by atoms with E-state index in [0.29, 0.717) is 16.2 Å². The number of alkyl halides is 3. The van der Waals surface area contributed by atoms with Gasteiger partial charge in [-0.2, -0.15) is 13.2 Å². The van der Waals surface area contributed by atoms with Gasteiger partial charge in [0.2, 0.25) is 0 Å². The summed E-state index contributed by atoms with van der Waals surface area (Å²) in [5, 5.41) is 3.24. The van der Waals surface area contributed by atoms with Gasteiger partial charge in [0.15, 0.2) is 0 Å². The second kappa shape index (κ2) is 6.57. The average molecular weight is 365 g/mol. The van der Waals surface area contributed by atoms with Crippen LogP contribution in [0.3, 0.4) is 0 Å². The zero-order valence-corrected chi connectivity index (χ0v) is 13.8. The van der Waals surface area contributed by atoms with Gasteiger partial charge < -0.3 is 10.2 Å². The molecule has 0 atom stereocenters. The zero-order valence-electron chi connectivity index (χ0n) is 12.2. The van der Waals surface area contributed by atoms with Gasteiger partial charge >= 0.3 is 6.18 Å². The lowest BCUT2D eigenvalue weighted by Crippen LogP contribution is -2.42. The lowest BCUT2D eigenvalue weighted by atomic mass is 10.0. The molecule has 2 rings (SSSR count). The number of halogens is 4. The minimum absolute atomic E-state index is 0.232. The first-order chi connectivity index (χ1) is 9.75. The van der Waals surface area contributed by atoms with Crippen molar-refractivity contribution < 1.29 is 13.2 Å². The maximum Gasteiger partial charge on any atom is 0.416 e. The summed E-state index contributed by atoms with van der Waals surface area (Å²) in [6, 6.07) is 4.74. The number of piperidine rings is 1. The quantitative estimate of drug-likeness (QED) is 0.832. The van der Waals surface area contributed by atoms with Crippen LogP contribution in [-0.4, -0.2) is 30.1 Å².